The lowest BCUT2D eigenvalue weighted by molar-refractivity contribution is 0.340. The van der Waals surface area contributed by atoms with E-state index in [9.17, 15) is 0 Å². The molecule has 6 nitrogen and oxygen atoms in total. The lowest BCUT2D eigenvalue weighted by Gasteiger charge is -2.09. The molecule has 0 unspecified atom stereocenters. The van der Waals surface area contributed by atoms with E-state index >= 15 is 0 Å². The number of nitrogens with one attached hydrogen (secondary N) is 2. The highest BCUT2D eigenvalue weighted by molar-refractivity contribution is 5.55. The lowest BCUT2D eigenvalue weighted by atomic mass is 10.3. The number of benzene rings is 1. The third-order valence-corrected chi connectivity index (χ3v) is 3.27. The SMILES string of the molecule is CCOc1ccc(Nc2nccc(NCc3cccnc3)n2)cc1. The van der Waals surface area contributed by atoms with E-state index in [4.69, 9.17) is 4.74 Å². The maximum absolute atomic E-state index is 5.43. The fourth-order valence-corrected chi connectivity index (χ4v) is 2.14. The van der Waals surface area contributed by atoms with Crippen molar-refractivity contribution in [2.24, 2.45) is 0 Å². The van der Waals surface area contributed by atoms with Crippen molar-refractivity contribution in [3.8, 4) is 5.75 Å². The molecule has 0 fully saturated rings. The van der Waals surface area contributed by atoms with E-state index in [1.54, 1.807) is 12.4 Å². The van der Waals surface area contributed by atoms with Gasteiger partial charge in [0.25, 0.3) is 0 Å². The summed E-state index contributed by atoms with van der Waals surface area (Å²) in [6.45, 7) is 3.28. The zero-order chi connectivity index (χ0) is 16.6. The average Bonchev–Trinajstić information content (AvgIpc) is 2.63. The molecule has 0 radical (unpaired) electrons. The van der Waals surface area contributed by atoms with Gasteiger partial charge in [-0.05, 0) is 48.9 Å². The second-order valence-electron chi connectivity index (χ2n) is 5.06. The van der Waals surface area contributed by atoms with Crippen molar-refractivity contribution in [2.75, 3.05) is 17.2 Å². The number of nitrogens with zero attached hydrogens (tertiary/aromatic N) is 3. The summed E-state index contributed by atoms with van der Waals surface area (Å²) in [5.74, 6) is 2.13. The van der Waals surface area contributed by atoms with Crippen LogP contribution in [0.25, 0.3) is 0 Å². The monoisotopic (exact) mass is 321 g/mol. The summed E-state index contributed by atoms with van der Waals surface area (Å²) < 4.78 is 5.43. The Hall–Kier alpha value is -3.15. The van der Waals surface area contributed by atoms with Crippen LogP contribution in [0.3, 0.4) is 0 Å². The summed E-state index contributed by atoms with van der Waals surface area (Å²) in [6, 6.07) is 13.5. The Bertz CT molecular complexity index is 762. The molecule has 3 rings (SSSR count). The zero-order valence-corrected chi connectivity index (χ0v) is 13.4. The Morgan fingerprint density at radius 1 is 1.04 bits per heavy atom. The van der Waals surface area contributed by atoms with E-state index in [2.05, 4.69) is 25.6 Å². The van der Waals surface area contributed by atoms with Crippen LogP contribution in [0.5, 0.6) is 5.75 Å². The van der Waals surface area contributed by atoms with Crippen LogP contribution in [0, 0.1) is 0 Å². The van der Waals surface area contributed by atoms with E-state index in [1.807, 2.05) is 55.6 Å². The highest BCUT2D eigenvalue weighted by atomic mass is 16.5. The van der Waals surface area contributed by atoms with Gasteiger partial charge >= 0.3 is 0 Å². The molecule has 1 aromatic carbocycles. The van der Waals surface area contributed by atoms with Gasteiger partial charge in [-0.25, -0.2) is 4.98 Å². The fraction of sp³-hybridized carbons (Fsp3) is 0.167. The number of rotatable bonds is 7. The molecule has 0 atom stereocenters. The third kappa shape index (κ3) is 4.42. The third-order valence-electron chi connectivity index (χ3n) is 3.27. The molecule has 0 aliphatic carbocycles. The van der Waals surface area contributed by atoms with Crippen LogP contribution in [0.1, 0.15) is 12.5 Å². The topological polar surface area (TPSA) is 72.0 Å². The van der Waals surface area contributed by atoms with Gasteiger partial charge < -0.3 is 15.4 Å². The minimum atomic E-state index is 0.537. The van der Waals surface area contributed by atoms with Gasteiger partial charge in [0.15, 0.2) is 0 Å². The first-order chi connectivity index (χ1) is 11.8. The molecular weight excluding hydrogens is 302 g/mol. The van der Waals surface area contributed by atoms with Crippen molar-refractivity contribution < 1.29 is 4.74 Å². The van der Waals surface area contributed by atoms with E-state index in [1.165, 1.54) is 0 Å². The van der Waals surface area contributed by atoms with E-state index in [0.29, 0.717) is 19.1 Å². The first kappa shape index (κ1) is 15.7. The lowest BCUT2D eigenvalue weighted by Crippen LogP contribution is -2.04. The molecule has 0 spiro atoms. The van der Waals surface area contributed by atoms with Gasteiger partial charge in [-0.1, -0.05) is 6.07 Å². The predicted molar refractivity (Wildman–Crippen MR) is 94.5 cm³/mol. The Labute approximate surface area is 141 Å². The predicted octanol–water partition coefficient (Wildman–Crippen LogP) is 3.63. The van der Waals surface area contributed by atoms with Crippen LogP contribution in [0.4, 0.5) is 17.5 Å². The molecule has 2 heterocycles. The van der Waals surface area contributed by atoms with Crippen molar-refractivity contribution in [1.82, 2.24) is 15.0 Å². The summed E-state index contributed by atoms with van der Waals surface area (Å²) >= 11 is 0. The first-order valence-electron chi connectivity index (χ1n) is 7.79. The van der Waals surface area contributed by atoms with Crippen molar-refractivity contribution in [2.45, 2.75) is 13.5 Å². The molecule has 0 bridgehead atoms. The summed E-state index contributed by atoms with van der Waals surface area (Å²) in [7, 11) is 0. The largest absolute Gasteiger partial charge is 0.494 e. The van der Waals surface area contributed by atoms with E-state index in [0.717, 1.165) is 22.8 Å². The molecular formula is C18H19N5O. The molecule has 122 valence electrons. The molecule has 2 aromatic heterocycles. The van der Waals surface area contributed by atoms with E-state index < -0.39 is 0 Å². The van der Waals surface area contributed by atoms with Crippen molar-refractivity contribution in [1.29, 1.82) is 0 Å². The molecule has 0 aliphatic heterocycles. The van der Waals surface area contributed by atoms with Gasteiger partial charge in [0.2, 0.25) is 5.95 Å². The number of pyridine rings is 1. The standard InChI is InChI=1S/C18H19N5O/c1-2-24-16-7-5-15(6-8-16)22-18-20-11-9-17(23-18)21-13-14-4-3-10-19-12-14/h3-12H,2,13H2,1H3,(H2,20,21,22,23). The molecule has 2 N–H and O–H groups in total. The maximum atomic E-state index is 5.43. The molecule has 0 saturated heterocycles. The van der Waals surface area contributed by atoms with Crippen LogP contribution in [-0.2, 0) is 6.54 Å². The molecule has 0 amide bonds. The Morgan fingerprint density at radius 3 is 2.67 bits per heavy atom. The van der Waals surface area contributed by atoms with Crippen LogP contribution in [-0.4, -0.2) is 21.6 Å². The summed E-state index contributed by atoms with van der Waals surface area (Å²) in [6.07, 6.45) is 5.30. The van der Waals surface area contributed by atoms with E-state index in [-0.39, 0.29) is 0 Å². The minimum absolute atomic E-state index is 0.537. The van der Waals surface area contributed by atoms with Gasteiger partial charge in [0.1, 0.15) is 11.6 Å². The van der Waals surface area contributed by atoms with Crippen LogP contribution in [0.15, 0.2) is 61.1 Å². The summed E-state index contributed by atoms with van der Waals surface area (Å²) in [5.41, 5.74) is 2.00. The molecule has 6 heteroatoms. The summed E-state index contributed by atoms with van der Waals surface area (Å²) in [4.78, 5) is 12.8. The molecule has 0 aliphatic rings. The number of anilines is 3. The zero-order valence-electron chi connectivity index (χ0n) is 13.4. The van der Waals surface area contributed by atoms with Gasteiger partial charge in [0.05, 0.1) is 6.61 Å². The highest BCUT2D eigenvalue weighted by Crippen LogP contribution is 2.18. The Kier molecular flexibility index (Phi) is 5.19. The number of hydrogen-bond acceptors (Lipinski definition) is 6. The number of aromatic nitrogens is 3. The van der Waals surface area contributed by atoms with Crippen LogP contribution >= 0.6 is 0 Å². The van der Waals surface area contributed by atoms with Gasteiger partial charge in [-0.2, -0.15) is 4.98 Å². The van der Waals surface area contributed by atoms with Crippen molar-refractivity contribution in [3.05, 3.63) is 66.6 Å². The smallest absolute Gasteiger partial charge is 0.229 e. The first-order valence-corrected chi connectivity index (χ1v) is 7.79. The number of hydrogen-bond donors (Lipinski definition) is 2. The highest BCUT2D eigenvalue weighted by Gasteiger charge is 2.01. The molecule has 24 heavy (non-hydrogen) atoms. The van der Waals surface area contributed by atoms with Crippen molar-refractivity contribution >= 4 is 17.5 Å². The average molecular weight is 321 g/mol. The van der Waals surface area contributed by atoms with Crippen molar-refractivity contribution in [3.63, 3.8) is 0 Å². The normalized spacial score (nSPS) is 10.2. The summed E-state index contributed by atoms with van der Waals surface area (Å²) in [5, 5.41) is 6.44. The van der Waals surface area contributed by atoms with Crippen LogP contribution < -0.4 is 15.4 Å². The Balaban J connectivity index is 1.62. The quantitative estimate of drug-likeness (QED) is 0.692. The molecule has 3 aromatic rings. The van der Waals surface area contributed by atoms with Gasteiger partial charge in [-0.15, -0.1) is 0 Å². The van der Waals surface area contributed by atoms with Gasteiger partial charge in [-0.3, -0.25) is 4.98 Å². The van der Waals surface area contributed by atoms with Gasteiger partial charge in [0, 0.05) is 30.8 Å². The number of ether oxygens (including phenoxy) is 1. The maximum Gasteiger partial charge on any atom is 0.229 e. The minimum Gasteiger partial charge on any atom is -0.494 e. The Morgan fingerprint density at radius 2 is 1.92 bits per heavy atom. The fourth-order valence-electron chi connectivity index (χ4n) is 2.14. The second kappa shape index (κ2) is 7.92. The van der Waals surface area contributed by atoms with Crippen LogP contribution in [0.2, 0.25) is 0 Å². The second-order valence-corrected chi connectivity index (χ2v) is 5.06. The molecule has 0 saturated carbocycles.